The molecule has 1 heterocycles. The number of nitrogens with one attached hydrogen (secondary N) is 1. The largest absolute Gasteiger partial charge is 0.452 e. The van der Waals surface area contributed by atoms with Gasteiger partial charge in [-0.25, -0.2) is 4.79 Å². The average Bonchev–Trinajstić information content (AvgIpc) is 3.09. The summed E-state index contributed by atoms with van der Waals surface area (Å²) in [5.74, 6) is -1.46. The second-order valence-corrected chi connectivity index (χ2v) is 5.62. The van der Waals surface area contributed by atoms with Crippen LogP contribution in [0.1, 0.15) is 10.4 Å². The molecule has 3 N–H and O–H groups in total. The lowest BCUT2D eigenvalue weighted by Crippen LogP contribution is -2.21. The summed E-state index contributed by atoms with van der Waals surface area (Å²) in [7, 11) is 0. The van der Waals surface area contributed by atoms with E-state index in [0.717, 1.165) is 17.8 Å². The van der Waals surface area contributed by atoms with Gasteiger partial charge in [-0.2, -0.15) is 8.75 Å². The molecule has 0 aliphatic rings. The van der Waals surface area contributed by atoms with Crippen molar-refractivity contribution in [2.45, 2.75) is 0 Å². The molecule has 1 amide bonds. The Morgan fingerprint density at radius 3 is 2.85 bits per heavy atom. The van der Waals surface area contributed by atoms with Crippen LogP contribution in [0.5, 0.6) is 0 Å². The first kappa shape index (κ1) is 17.2. The quantitative estimate of drug-likeness (QED) is 0.298. The van der Waals surface area contributed by atoms with Crippen LogP contribution >= 0.6 is 11.7 Å². The number of ether oxygens (including phenoxy) is 1. The number of esters is 1. The van der Waals surface area contributed by atoms with Crippen LogP contribution in [0.3, 0.4) is 0 Å². The summed E-state index contributed by atoms with van der Waals surface area (Å²) < 4.78 is 13.0. The zero-order chi connectivity index (χ0) is 18.7. The summed E-state index contributed by atoms with van der Waals surface area (Å²) in [6.45, 7) is -0.565. The SMILES string of the molecule is Nc1ccc(C(=O)OCC(=O)Nc2cccc3nsnc23)cc1[N+](=O)[O-]. The molecule has 0 bridgehead atoms. The number of benzene rings is 2. The van der Waals surface area contributed by atoms with Crippen molar-refractivity contribution in [3.8, 4) is 0 Å². The third kappa shape index (κ3) is 3.57. The number of fused-ring (bicyclic) bond motifs is 1. The van der Waals surface area contributed by atoms with E-state index in [1.165, 1.54) is 12.1 Å². The Bertz CT molecular complexity index is 1020. The van der Waals surface area contributed by atoms with Gasteiger partial charge in [-0.05, 0) is 24.3 Å². The maximum Gasteiger partial charge on any atom is 0.338 e. The predicted octanol–water partition coefficient (Wildman–Crippen LogP) is 1.98. The van der Waals surface area contributed by atoms with E-state index in [1.54, 1.807) is 18.2 Å². The molecule has 0 unspecified atom stereocenters. The molecule has 0 saturated heterocycles. The van der Waals surface area contributed by atoms with Crippen LogP contribution < -0.4 is 11.1 Å². The van der Waals surface area contributed by atoms with E-state index in [4.69, 9.17) is 10.5 Å². The minimum atomic E-state index is -0.878. The molecule has 0 atom stereocenters. The highest BCUT2D eigenvalue weighted by molar-refractivity contribution is 7.00. The topological polar surface area (TPSA) is 150 Å². The van der Waals surface area contributed by atoms with Crippen molar-refractivity contribution in [1.29, 1.82) is 0 Å². The first-order valence-corrected chi connectivity index (χ1v) is 7.91. The van der Waals surface area contributed by atoms with Crippen molar-refractivity contribution >= 4 is 51.7 Å². The van der Waals surface area contributed by atoms with Crippen LogP contribution in [0, 0.1) is 10.1 Å². The van der Waals surface area contributed by atoms with Crippen molar-refractivity contribution < 1.29 is 19.2 Å². The zero-order valence-electron chi connectivity index (χ0n) is 13.0. The van der Waals surface area contributed by atoms with Crippen molar-refractivity contribution in [1.82, 2.24) is 8.75 Å². The second kappa shape index (κ2) is 7.11. The number of amides is 1. The number of hydrogen-bond acceptors (Lipinski definition) is 9. The standard InChI is InChI=1S/C15H11N5O5S/c16-9-5-4-8(6-12(9)20(23)24)15(22)25-7-13(21)17-10-2-1-3-11-14(10)19-26-18-11/h1-6H,7,16H2,(H,17,21). The fourth-order valence-electron chi connectivity index (χ4n) is 2.14. The fourth-order valence-corrected chi connectivity index (χ4v) is 2.69. The molecule has 0 spiro atoms. The molecule has 0 aliphatic heterocycles. The molecular formula is C15H11N5O5S. The summed E-state index contributed by atoms with van der Waals surface area (Å²) in [6, 6.07) is 8.61. The molecule has 2 aromatic carbocycles. The molecule has 3 rings (SSSR count). The van der Waals surface area contributed by atoms with E-state index in [0.29, 0.717) is 16.7 Å². The molecule has 3 aromatic rings. The molecule has 26 heavy (non-hydrogen) atoms. The highest BCUT2D eigenvalue weighted by Gasteiger charge is 2.18. The van der Waals surface area contributed by atoms with E-state index >= 15 is 0 Å². The lowest BCUT2D eigenvalue weighted by Gasteiger charge is -2.07. The van der Waals surface area contributed by atoms with Gasteiger partial charge in [-0.1, -0.05) is 6.07 Å². The van der Waals surface area contributed by atoms with E-state index in [1.807, 2.05) is 0 Å². The molecule has 10 nitrogen and oxygen atoms in total. The number of aromatic nitrogens is 2. The number of nitrogens with zero attached hydrogens (tertiary/aromatic N) is 3. The Labute approximate surface area is 150 Å². The van der Waals surface area contributed by atoms with Gasteiger partial charge >= 0.3 is 5.97 Å². The van der Waals surface area contributed by atoms with Gasteiger partial charge in [-0.3, -0.25) is 14.9 Å². The summed E-state index contributed by atoms with van der Waals surface area (Å²) in [4.78, 5) is 34.1. The first-order chi connectivity index (χ1) is 12.5. The van der Waals surface area contributed by atoms with E-state index in [-0.39, 0.29) is 11.3 Å². The molecule has 0 radical (unpaired) electrons. The third-order valence-electron chi connectivity index (χ3n) is 3.36. The molecular weight excluding hydrogens is 362 g/mol. The van der Waals surface area contributed by atoms with Crippen molar-refractivity contribution in [2.75, 3.05) is 17.7 Å². The van der Waals surface area contributed by atoms with Gasteiger partial charge in [0.05, 0.1) is 27.9 Å². The van der Waals surface area contributed by atoms with Crippen molar-refractivity contribution in [3.05, 3.63) is 52.1 Å². The molecule has 132 valence electrons. The fraction of sp³-hybridized carbons (Fsp3) is 0.0667. The minimum Gasteiger partial charge on any atom is -0.452 e. The van der Waals surface area contributed by atoms with E-state index < -0.39 is 29.1 Å². The van der Waals surface area contributed by atoms with Crippen LogP contribution in [-0.4, -0.2) is 32.2 Å². The van der Waals surface area contributed by atoms with Crippen LogP contribution in [0.4, 0.5) is 17.1 Å². The lowest BCUT2D eigenvalue weighted by molar-refractivity contribution is -0.383. The number of rotatable bonds is 5. The number of nitrogen functional groups attached to an aromatic ring is 1. The zero-order valence-corrected chi connectivity index (χ0v) is 13.9. The summed E-state index contributed by atoms with van der Waals surface area (Å²) in [5, 5.41) is 13.4. The van der Waals surface area contributed by atoms with Crippen LogP contribution in [0.2, 0.25) is 0 Å². The lowest BCUT2D eigenvalue weighted by atomic mass is 10.2. The third-order valence-corrected chi connectivity index (χ3v) is 3.90. The van der Waals surface area contributed by atoms with Gasteiger partial charge < -0.3 is 15.8 Å². The van der Waals surface area contributed by atoms with Gasteiger partial charge in [-0.15, -0.1) is 0 Å². The van der Waals surface area contributed by atoms with Gasteiger partial charge in [0.1, 0.15) is 16.7 Å². The summed E-state index contributed by atoms with van der Waals surface area (Å²) in [5.41, 5.74) is 6.52. The number of nitrogens with two attached hydrogens (primary N) is 1. The van der Waals surface area contributed by atoms with Crippen molar-refractivity contribution in [2.24, 2.45) is 0 Å². The van der Waals surface area contributed by atoms with Crippen molar-refractivity contribution in [3.63, 3.8) is 0 Å². The average molecular weight is 373 g/mol. The molecule has 11 heteroatoms. The number of nitro benzene ring substituents is 1. The molecule has 0 fully saturated rings. The Kier molecular flexibility index (Phi) is 4.71. The van der Waals surface area contributed by atoms with Gasteiger partial charge in [0, 0.05) is 6.07 Å². The minimum absolute atomic E-state index is 0.0748. The first-order valence-electron chi connectivity index (χ1n) is 7.18. The Morgan fingerprint density at radius 2 is 2.08 bits per heavy atom. The normalized spacial score (nSPS) is 10.5. The number of hydrogen-bond donors (Lipinski definition) is 2. The van der Waals surface area contributed by atoms with E-state index in [9.17, 15) is 19.7 Å². The number of nitro groups is 1. The van der Waals surface area contributed by atoms with Crippen LogP contribution in [-0.2, 0) is 9.53 Å². The summed E-state index contributed by atoms with van der Waals surface area (Å²) >= 11 is 1.01. The maximum atomic E-state index is 12.0. The van der Waals surface area contributed by atoms with Gasteiger partial charge in [0.25, 0.3) is 11.6 Å². The monoisotopic (exact) mass is 373 g/mol. The highest BCUT2D eigenvalue weighted by atomic mass is 32.1. The number of carbonyl (C=O) groups excluding carboxylic acids is 2. The Hall–Kier alpha value is -3.60. The molecule has 0 saturated carbocycles. The highest BCUT2D eigenvalue weighted by Crippen LogP contribution is 2.23. The van der Waals surface area contributed by atoms with Crippen LogP contribution in [0.25, 0.3) is 11.0 Å². The molecule has 1 aromatic heterocycles. The number of carbonyl (C=O) groups is 2. The van der Waals surface area contributed by atoms with Crippen LogP contribution in [0.15, 0.2) is 36.4 Å². The van der Waals surface area contributed by atoms with E-state index in [2.05, 4.69) is 14.1 Å². The predicted molar refractivity (Wildman–Crippen MR) is 93.8 cm³/mol. The summed E-state index contributed by atoms with van der Waals surface area (Å²) in [6.07, 6.45) is 0. The smallest absolute Gasteiger partial charge is 0.338 e. The van der Waals surface area contributed by atoms with Gasteiger partial charge in [0.2, 0.25) is 0 Å². The Morgan fingerprint density at radius 1 is 1.27 bits per heavy atom. The number of anilines is 2. The second-order valence-electron chi connectivity index (χ2n) is 5.09. The van der Waals surface area contributed by atoms with Gasteiger partial charge in [0.15, 0.2) is 6.61 Å². The Balaban J connectivity index is 1.64. The molecule has 0 aliphatic carbocycles. The maximum absolute atomic E-state index is 12.0.